The summed E-state index contributed by atoms with van der Waals surface area (Å²) < 4.78 is 0. The second-order valence-corrected chi connectivity index (χ2v) is 2.15. The second kappa shape index (κ2) is 2.66. The van der Waals surface area contributed by atoms with Gasteiger partial charge in [-0.15, -0.1) is 0 Å². The van der Waals surface area contributed by atoms with Crippen LogP contribution < -0.4 is 5.84 Å². The fourth-order valence-electron chi connectivity index (χ4n) is 0.535. The van der Waals surface area contributed by atoms with Crippen LogP contribution in [0.25, 0.3) is 0 Å². The Labute approximate surface area is 62.9 Å². The lowest BCUT2D eigenvalue weighted by molar-refractivity contribution is -0.475. The van der Waals surface area contributed by atoms with Crippen LogP contribution >= 0.6 is 11.6 Å². The first-order chi connectivity index (χ1) is 4.70. The monoisotopic (exact) mass is 156 g/mol. The third-order valence-electron chi connectivity index (χ3n) is 0.996. The van der Waals surface area contributed by atoms with Crippen LogP contribution in [0, 0.1) is 11.0 Å². The van der Waals surface area contributed by atoms with Gasteiger partial charge in [0, 0.05) is 11.1 Å². The number of hydrazine groups is 1. The van der Waals surface area contributed by atoms with Crippen LogP contribution in [0.3, 0.4) is 0 Å². The smallest absolute Gasteiger partial charge is 0.159 e. The molecule has 0 bridgehead atoms. The average Bonchev–Trinajstić information content (AvgIpc) is 1.88. The molecule has 0 spiro atoms. The van der Waals surface area contributed by atoms with Crippen LogP contribution in [0.2, 0.25) is 5.02 Å². The van der Waals surface area contributed by atoms with E-state index in [2.05, 4.69) is 6.07 Å². The van der Waals surface area contributed by atoms with Crippen molar-refractivity contribution in [3.05, 3.63) is 34.2 Å². The number of hydrogen-bond donors (Lipinski definition) is 1. The first-order valence-electron chi connectivity index (χ1n) is 2.59. The van der Waals surface area contributed by atoms with Crippen molar-refractivity contribution < 1.29 is 4.87 Å². The minimum atomic E-state index is 0.232. The summed E-state index contributed by atoms with van der Waals surface area (Å²) in [5, 5.41) is 0.533. The van der Waals surface area contributed by atoms with E-state index in [9.17, 15) is 4.91 Å². The molecule has 10 heavy (non-hydrogen) atoms. The Morgan fingerprint density at radius 3 is 2.70 bits per heavy atom. The van der Waals surface area contributed by atoms with Crippen LogP contribution in [0.4, 0.5) is 5.69 Å². The summed E-state index contributed by atoms with van der Waals surface area (Å²) in [7, 11) is 0. The Hall–Kier alpha value is -1.09. The Morgan fingerprint density at radius 1 is 1.60 bits per heavy atom. The molecule has 4 heteroatoms. The molecule has 1 radical (unpaired) electrons. The van der Waals surface area contributed by atoms with E-state index in [1.165, 1.54) is 12.1 Å². The van der Waals surface area contributed by atoms with Gasteiger partial charge in [0.1, 0.15) is 0 Å². The summed E-state index contributed by atoms with van der Waals surface area (Å²) in [6.45, 7) is 0. The second-order valence-electron chi connectivity index (χ2n) is 1.72. The molecule has 1 aromatic carbocycles. The van der Waals surface area contributed by atoms with Gasteiger partial charge in [-0.05, 0) is 12.1 Å². The minimum absolute atomic E-state index is 0.232. The van der Waals surface area contributed by atoms with Crippen molar-refractivity contribution >= 4 is 17.3 Å². The van der Waals surface area contributed by atoms with Crippen LogP contribution in [-0.2, 0) is 0 Å². The standard InChI is InChI=1S/C6H5ClN2O/c7-5-1-3-6(4-2-5)9(8)10/h1-3H,(H2,8,10)/q+1. The minimum Gasteiger partial charge on any atom is -0.159 e. The first kappa shape index (κ1) is 7.02. The van der Waals surface area contributed by atoms with Crippen molar-refractivity contribution in [3.63, 3.8) is 0 Å². The van der Waals surface area contributed by atoms with Gasteiger partial charge in [0.05, 0.1) is 11.0 Å². The van der Waals surface area contributed by atoms with Crippen LogP contribution in [0.5, 0.6) is 0 Å². The first-order valence-corrected chi connectivity index (χ1v) is 2.97. The Balaban J connectivity index is 3.00. The van der Waals surface area contributed by atoms with Crippen LogP contribution in [0.1, 0.15) is 0 Å². The van der Waals surface area contributed by atoms with E-state index in [4.69, 9.17) is 17.4 Å². The van der Waals surface area contributed by atoms with E-state index < -0.39 is 0 Å². The summed E-state index contributed by atoms with van der Waals surface area (Å²) in [5.74, 6) is 4.87. The van der Waals surface area contributed by atoms with Gasteiger partial charge in [-0.3, -0.25) is 0 Å². The Morgan fingerprint density at radius 2 is 2.30 bits per heavy atom. The largest absolute Gasteiger partial charge is 0.299 e. The topological polar surface area (TPSA) is 46.1 Å². The lowest BCUT2D eigenvalue weighted by Crippen LogP contribution is -2.08. The molecule has 0 amide bonds. The number of nitrogens with zero attached hydrogens (tertiary/aromatic N) is 1. The molecule has 51 valence electrons. The zero-order chi connectivity index (χ0) is 7.56. The SMILES string of the molecule is N[N+](=O)c1[c]cc(Cl)cc1. The zero-order valence-corrected chi connectivity index (χ0v) is 5.80. The van der Waals surface area contributed by atoms with Gasteiger partial charge in [-0.2, -0.15) is 5.84 Å². The third kappa shape index (κ3) is 1.45. The Bertz CT molecular complexity index is 244. The van der Waals surface area contributed by atoms with E-state index in [-0.39, 0.29) is 10.6 Å². The highest BCUT2D eigenvalue weighted by molar-refractivity contribution is 6.30. The summed E-state index contributed by atoms with van der Waals surface area (Å²) in [4.78, 5) is 10.6. The fourth-order valence-corrected chi connectivity index (χ4v) is 0.652. The highest BCUT2D eigenvalue weighted by atomic mass is 35.5. The van der Waals surface area contributed by atoms with Crippen molar-refractivity contribution in [1.82, 2.24) is 0 Å². The maximum atomic E-state index is 10.4. The van der Waals surface area contributed by atoms with Crippen molar-refractivity contribution in [2.24, 2.45) is 5.84 Å². The summed E-state index contributed by atoms with van der Waals surface area (Å²) in [6, 6.07) is 7.14. The van der Waals surface area contributed by atoms with Gasteiger partial charge in [0.2, 0.25) is 0 Å². The van der Waals surface area contributed by atoms with Crippen molar-refractivity contribution in [1.29, 1.82) is 0 Å². The molecule has 0 unspecified atom stereocenters. The summed E-state index contributed by atoms with van der Waals surface area (Å²) in [6.07, 6.45) is 0. The zero-order valence-electron chi connectivity index (χ0n) is 5.04. The Kier molecular flexibility index (Phi) is 1.87. The lowest BCUT2D eigenvalue weighted by atomic mass is 10.3. The van der Waals surface area contributed by atoms with Gasteiger partial charge >= 0.3 is 0 Å². The molecule has 3 nitrogen and oxygen atoms in total. The molecule has 0 saturated carbocycles. The molecular weight excluding hydrogens is 152 g/mol. The molecule has 0 heterocycles. The van der Waals surface area contributed by atoms with Gasteiger partial charge < -0.3 is 0 Å². The number of hydrogen-bond acceptors (Lipinski definition) is 1. The number of nitrogens with two attached hydrogens (primary N) is 1. The molecule has 0 aliphatic rings. The number of nitroso groups, excluding NO2 is 1. The maximum Gasteiger partial charge on any atom is 0.299 e. The molecule has 1 aromatic rings. The predicted molar refractivity (Wildman–Crippen MR) is 37.8 cm³/mol. The number of benzene rings is 1. The molecule has 0 aliphatic heterocycles. The van der Waals surface area contributed by atoms with Crippen molar-refractivity contribution in [2.45, 2.75) is 0 Å². The molecular formula is C6H5ClN2O+. The van der Waals surface area contributed by atoms with E-state index in [0.29, 0.717) is 5.02 Å². The number of rotatable bonds is 1. The van der Waals surface area contributed by atoms with Gasteiger partial charge in [-0.1, -0.05) is 11.6 Å². The normalized spacial score (nSPS) is 9.30. The summed E-state index contributed by atoms with van der Waals surface area (Å²) >= 11 is 5.52. The molecule has 0 fully saturated rings. The molecule has 0 saturated heterocycles. The highest BCUT2D eigenvalue weighted by Gasteiger charge is 2.06. The molecule has 2 N–H and O–H groups in total. The average molecular weight is 157 g/mol. The van der Waals surface area contributed by atoms with Gasteiger partial charge in [0.25, 0.3) is 5.69 Å². The molecule has 1 rings (SSSR count). The highest BCUT2D eigenvalue weighted by Crippen LogP contribution is 2.12. The quantitative estimate of drug-likeness (QED) is 0.380. The molecule has 0 atom stereocenters. The predicted octanol–water partition coefficient (Wildman–Crippen LogP) is 1.42. The number of halogens is 1. The fraction of sp³-hybridized carbons (Fsp3) is 0. The van der Waals surface area contributed by atoms with Crippen molar-refractivity contribution in [3.8, 4) is 0 Å². The summed E-state index contributed by atoms with van der Waals surface area (Å²) in [5.41, 5.74) is 0.268. The van der Waals surface area contributed by atoms with Crippen molar-refractivity contribution in [2.75, 3.05) is 0 Å². The van der Waals surface area contributed by atoms with E-state index in [0.717, 1.165) is 0 Å². The van der Waals surface area contributed by atoms with E-state index in [1.54, 1.807) is 6.07 Å². The van der Waals surface area contributed by atoms with Crippen LogP contribution in [-0.4, -0.2) is 4.87 Å². The molecule has 0 aromatic heterocycles. The van der Waals surface area contributed by atoms with E-state index in [1.807, 2.05) is 0 Å². The third-order valence-corrected chi connectivity index (χ3v) is 1.23. The van der Waals surface area contributed by atoms with Crippen LogP contribution in [0.15, 0.2) is 18.2 Å². The van der Waals surface area contributed by atoms with Gasteiger partial charge in [-0.25, -0.2) is 0 Å². The van der Waals surface area contributed by atoms with E-state index >= 15 is 0 Å². The molecule has 0 aliphatic carbocycles. The maximum absolute atomic E-state index is 10.4. The van der Waals surface area contributed by atoms with Gasteiger partial charge in [0.15, 0.2) is 4.87 Å². The lowest BCUT2D eigenvalue weighted by Gasteiger charge is -1.84.